The summed E-state index contributed by atoms with van der Waals surface area (Å²) >= 11 is 0. The molecule has 0 unspecified atom stereocenters. The summed E-state index contributed by atoms with van der Waals surface area (Å²) in [6.45, 7) is 8.39. The molecule has 0 radical (unpaired) electrons. The molecule has 88 valence electrons. The predicted molar refractivity (Wildman–Crippen MR) is 68.2 cm³/mol. The summed E-state index contributed by atoms with van der Waals surface area (Å²) < 4.78 is 5.83. The van der Waals surface area contributed by atoms with E-state index in [9.17, 15) is 0 Å². The second kappa shape index (κ2) is 4.36. The van der Waals surface area contributed by atoms with Gasteiger partial charge in [0.2, 0.25) is 0 Å². The number of hydrogen-bond acceptors (Lipinski definition) is 2. The fourth-order valence-corrected chi connectivity index (χ4v) is 1.94. The van der Waals surface area contributed by atoms with Gasteiger partial charge in [0.05, 0.1) is 12.3 Å². The molecule has 0 saturated carbocycles. The van der Waals surface area contributed by atoms with Crippen LogP contribution in [0, 0.1) is 5.41 Å². The van der Waals surface area contributed by atoms with Gasteiger partial charge in [0.15, 0.2) is 0 Å². The van der Waals surface area contributed by atoms with Gasteiger partial charge < -0.3 is 10.1 Å². The van der Waals surface area contributed by atoms with E-state index in [0.717, 1.165) is 31.0 Å². The van der Waals surface area contributed by atoms with E-state index in [4.69, 9.17) is 4.74 Å². The van der Waals surface area contributed by atoms with Crippen LogP contribution in [-0.4, -0.2) is 13.2 Å². The highest BCUT2D eigenvalue weighted by molar-refractivity contribution is 5.58. The number of anilines is 1. The smallest absolute Gasteiger partial charge is 0.142 e. The van der Waals surface area contributed by atoms with Crippen molar-refractivity contribution in [1.82, 2.24) is 0 Å². The highest BCUT2D eigenvalue weighted by Gasteiger charge is 2.23. The van der Waals surface area contributed by atoms with E-state index < -0.39 is 0 Å². The van der Waals surface area contributed by atoms with Gasteiger partial charge in [-0.1, -0.05) is 33.3 Å². The number of benzene rings is 1. The van der Waals surface area contributed by atoms with Crippen LogP contribution in [-0.2, 0) is 6.42 Å². The highest BCUT2D eigenvalue weighted by Crippen LogP contribution is 2.32. The maximum atomic E-state index is 5.83. The molecule has 0 saturated heterocycles. The molecule has 1 aromatic rings. The van der Waals surface area contributed by atoms with Crippen LogP contribution in [0.25, 0.3) is 0 Å². The normalized spacial score (nSPS) is 17.9. The first-order chi connectivity index (χ1) is 7.61. The van der Waals surface area contributed by atoms with Gasteiger partial charge in [-0.15, -0.1) is 0 Å². The average Bonchev–Trinajstić information content (AvgIpc) is 2.39. The standard InChI is InChI=1S/C14H21NO/c1-4-5-11-6-7-13-12(8-11)15-9-14(2,3)10-16-13/h6-8,15H,4-5,9-10H2,1-3H3. The van der Waals surface area contributed by atoms with Crippen LogP contribution >= 0.6 is 0 Å². The summed E-state index contributed by atoms with van der Waals surface area (Å²) in [6.07, 6.45) is 2.32. The van der Waals surface area contributed by atoms with Crippen molar-refractivity contribution in [3.8, 4) is 5.75 Å². The predicted octanol–water partition coefficient (Wildman–Crippen LogP) is 3.47. The molecule has 0 amide bonds. The summed E-state index contributed by atoms with van der Waals surface area (Å²) in [7, 11) is 0. The molecule has 0 aliphatic carbocycles. The minimum absolute atomic E-state index is 0.198. The van der Waals surface area contributed by atoms with Gasteiger partial charge in [-0.25, -0.2) is 0 Å². The van der Waals surface area contributed by atoms with E-state index in [1.807, 2.05) is 0 Å². The molecular formula is C14H21NO. The average molecular weight is 219 g/mol. The molecule has 1 N–H and O–H groups in total. The molecule has 2 heteroatoms. The zero-order valence-electron chi connectivity index (χ0n) is 10.5. The van der Waals surface area contributed by atoms with Gasteiger partial charge in [-0.2, -0.15) is 0 Å². The van der Waals surface area contributed by atoms with Crippen molar-refractivity contribution in [2.45, 2.75) is 33.6 Å². The maximum absolute atomic E-state index is 5.83. The molecule has 1 heterocycles. The van der Waals surface area contributed by atoms with E-state index in [1.165, 1.54) is 12.0 Å². The van der Waals surface area contributed by atoms with Crippen molar-refractivity contribution < 1.29 is 4.74 Å². The van der Waals surface area contributed by atoms with Gasteiger partial charge in [0.1, 0.15) is 5.75 Å². The van der Waals surface area contributed by atoms with Crippen LogP contribution in [0.5, 0.6) is 5.75 Å². The van der Waals surface area contributed by atoms with Crippen molar-refractivity contribution in [3.05, 3.63) is 23.8 Å². The first kappa shape index (κ1) is 11.3. The quantitative estimate of drug-likeness (QED) is 0.822. The van der Waals surface area contributed by atoms with Crippen molar-refractivity contribution in [1.29, 1.82) is 0 Å². The van der Waals surface area contributed by atoms with Crippen LogP contribution in [0.4, 0.5) is 5.69 Å². The lowest BCUT2D eigenvalue weighted by Gasteiger charge is -2.20. The Labute approximate surface area is 98.0 Å². The summed E-state index contributed by atoms with van der Waals surface area (Å²) in [5, 5.41) is 3.49. The molecule has 2 rings (SSSR count). The van der Waals surface area contributed by atoms with Crippen molar-refractivity contribution in [2.24, 2.45) is 5.41 Å². The Kier molecular flexibility index (Phi) is 3.08. The molecule has 1 aliphatic rings. The zero-order valence-corrected chi connectivity index (χ0v) is 10.5. The molecule has 0 bridgehead atoms. The number of fused-ring (bicyclic) bond motifs is 1. The Morgan fingerprint density at radius 3 is 2.94 bits per heavy atom. The lowest BCUT2D eigenvalue weighted by molar-refractivity contribution is 0.200. The Morgan fingerprint density at radius 1 is 1.38 bits per heavy atom. The monoisotopic (exact) mass is 219 g/mol. The van der Waals surface area contributed by atoms with Crippen LogP contribution in [0.3, 0.4) is 0 Å². The molecule has 0 spiro atoms. The lowest BCUT2D eigenvalue weighted by Crippen LogP contribution is -2.27. The van der Waals surface area contributed by atoms with Crippen molar-refractivity contribution in [3.63, 3.8) is 0 Å². The van der Waals surface area contributed by atoms with Crippen LogP contribution in [0.1, 0.15) is 32.8 Å². The van der Waals surface area contributed by atoms with Crippen LogP contribution in [0.2, 0.25) is 0 Å². The second-order valence-corrected chi connectivity index (χ2v) is 5.39. The molecule has 16 heavy (non-hydrogen) atoms. The number of ether oxygens (including phenoxy) is 1. The molecular weight excluding hydrogens is 198 g/mol. The fourth-order valence-electron chi connectivity index (χ4n) is 1.94. The third kappa shape index (κ3) is 2.49. The van der Waals surface area contributed by atoms with Gasteiger partial charge in [0.25, 0.3) is 0 Å². The molecule has 2 nitrogen and oxygen atoms in total. The van der Waals surface area contributed by atoms with Crippen LogP contribution in [0.15, 0.2) is 18.2 Å². The van der Waals surface area contributed by atoms with E-state index in [-0.39, 0.29) is 5.41 Å². The van der Waals surface area contributed by atoms with Gasteiger partial charge in [-0.3, -0.25) is 0 Å². The Morgan fingerprint density at radius 2 is 2.19 bits per heavy atom. The van der Waals surface area contributed by atoms with Gasteiger partial charge >= 0.3 is 0 Å². The Hall–Kier alpha value is -1.18. The van der Waals surface area contributed by atoms with E-state index >= 15 is 0 Å². The third-order valence-corrected chi connectivity index (χ3v) is 2.96. The molecule has 1 aliphatic heterocycles. The van der Waals surface area contributed by atoms with Gasteiger partial charge in [0, 0.05) is 12.0 Å². The molecule has 1 aromatic carbocycles. The van der Waals surface area contributed by atoms with Crippen LogP contribution < -0.4 is 10.1 Å². The zero-order chi connectivity index (χ0) is 11.6. The summed E-state index contributed by atoms with van der Waals surface area (Å²) in [5.74, 6) is 0.991. The minimum atomic E-state index is 0.198. The largest absolute Gasteiger partial charge is 0.491 e. The molecule has 0 fully saturated rings. The topological polar surface area (TPSA) is 21.3 Å². The van der Waals surface area contributed by atoms with E-state index in [2.05, 4.69) is 44.3 Å². The number of aryl methyl sites for hydroxylation is 1. The first-order valence-electron chi connectivity index (χ1n) is 6.10. The molecule has 0 atom stereocenters. The SMILES string of the molecule is CCCc1ccc2c(c1)NCC(C)(C)CO2. The minimum Gasteiger partial charge on any atom is -0.491 e. The Balaban J connectivity index is 2.21. The number of nitrogens with one attached hydrogen (secondary N) is 1. The lowest BCUT2D eigenvalue weighted by atomic mass is 9.95. The molecule has 0 aromatic heterocycles. The fraction of sp³-hybridized carbons (Fsp3) is 0.571. The number of hydrogen-bond donors (Lipinski definition) is 1. The Bertz CT molecular complexity index is 371. The van der Waals surface area contributed by atoms with E-state index in [1.54, 1.807) is 0 Å². The van der Waals surface area contributed by atoms with Crippen molar-refractivity contribution in [2.75, 3.05) is 18.5 Å². The summed E-state index contributed by atoms with van der Waals surface area (Å²) in [5.41, 5.74) is 2.73. The highest BCUT2D eigenvalue weighted by atomic mass is 16.5. The van der Waals surface area contributed by atoms with Gasteiger partial charge in [-0.05, 0) is 24.1 Å². The third-order valence-electron chi connectivity index (χ3n) is 2.96. The first-order valence-corrected chi connectivity index (χ1v) is 6.10. The van der Waals surface area contributed by atoms with Crippen molar-refractivity contribution >= 4 is 5.69 Å². The summed E-state index contributed by atoms with van der Waals surface area (Å²) in [4.78, 5) is 0. The maximum Gasteiger partial charge on any atom is 0.142 e. The number of rotatable bonds is 2. The van der Waals surface area contributed by atoms with E-state index in [0.29, 0.717) is 0 Å². The summed E-state index contributed by atoms with van der Waals surface area (Å²) in [6, 6.07) is 6.48. The second-order valence-electron chi connectivity index (χ2n) is 5.39.